The molecule has 1 nitrogen and oxygen atoms in total. The Labute approximate surface area is 49.3 Å². The molecule has 0 aliphatic heterocycles. The predicted octanol–water partition coefficient (Wildman–Crippen LogP) is 2.01. The van der Waals surface area contributed by atoms with Crippen LogP contribution in [0.5, 0.6) is 0 Å². The normalized spacial score (nSPS) is 27.6. The molecule has 1 rings (SSSR count). The first-order chi connectivity index (χ1) is 3.79. The Morgan fingerprint density at radius 1 is 1.88 bits per heavy atom. The Morgan fingerprint density at radius 3 is 3.00 bits per heavy atom. The van der Waals surface area contributed by atoms with Crippen molar-refractivity contribution in [1.29, 1.82) is 0 Å². The average molecular weight is 110 g/mol. The van der Waals surface area contributed by atoms with Crippen molar-refractivity contribution < 1.29 is 5.11 Å². The van der Waals surface area contributed by atoms with Gasteiger partial charge in [0.15, 0.2) is 0 Å². The van der Waals surface area contributed by atoms with Crippen LogP contribution in [-0.4, -0.2) is 5.11 Å². The lowest BCUT2D eigenvalue weighted by molar-refractivity contribution is 0.371. The van der Waals surface area contributed by atoms with Crippen LogP contribution in [0, 0.1) is 5.92 Å². The van der Waals surface area contributed by atoms with Gasteiger partial charge < -0.3 is 5.11 Å². The lowest BCUT2D eigenvalue weighted by Gasteiger charge is -2.06. The van der Waals surface area contributed by atoms with Gasteiger partial charge in [0.05, 0.1) is 0 Å². The quantitative estimate of drug-likeness (QED) is 0.473. The standard InChI is InChI=1S/C7H10O/c1-6-2-4-7(8)5-3-6/h2,6,8H,3,5H2,1H3. The Balaban J connectivity index is 2.69. The first-order valence-electron chi connectivity index (χ1n) is 2.93. The largest absolute Gasteiger partial charge is 0.505 e. The van der Waals surface area contributed by atoms with Crippen LogP contribution in [0.1, 0.15) is 19.8 Å². The van der Waals surface area contributed by atoms with E-state index in [0.29, 0.717) is 11.7 Å². The summed E-state index contributed by atoms with van der Waals surface area (Å²) < 4.78 is 0. The van der Waals surface area contributed by atoms with E-state index in [9.17, 15) is 0 Å². The third kappa shape index (κ3) is 1.14. The number of aliphatic hydroxyl groups excluding tert-OH is 1. The fourth-order valence-electron chi connectivity index (χ4n) is 0.758. The second kappa shape index (κ2) is 2.06. The summed E-state index contributed by atoms with van der Waals surface area (Å²) in [6, 6.07) is 0. The molecule has 0 heterocycles. The maximum absolute atomic E-state index is 8.80. The van der Waals surface area contributed by atoms with Gasteiger partial charge in [0.2, 0.25) is 0 Å². The minimum Gasteiger partial charge on any atom is -0.505 e. The Kier molecular flexibility index (Phi) is 1.40. The van der Waals surface area contributed by atoms with E-state index in [4.69, 9.17) is 5.11 Å². The number of hydrogen-bond acceptors (Lipinski definition) is 1. The van der Waals surface area contributed by atoms with Crippen molar-refractivity contribution in [1.82, 2.24) is 0 Å². The second-order valence-corrected chi connectivity index (χ2v) is 2.27. The van der Waals surface area contributed by atoms with Gasteiger partial charge in [-0.05, 0) is 18.4 Å². The third-order valence-corrected chi connectivity index (χ3v) is 1.37. The molecule has 0 saturated carbocycles. The summed E-state index contributed by atoms with van der Waals surface area (Å²) in [5, 5.41) is 8.80. The van der Waals surface area contributed by atoms with E-state index in [2.05, 4.69) is 12.7 Å². The van der Waals surface area contributed by atoms with Gasteiger partial charge >= 0.3 is 0 Å². The van der Waals surface area contributed by atoms with Gasteiger partial charge in [0.25, 0.3) is 0 Å². The summed E-state index contributed by atoms with van der Waals surface area (Å²) >= 11 is 0. The van der Waals surface area contributed by atoms with Crippen molar-refractivity contribution in [3.8, 4) is 0 Å². The third-order valence-electron chi connectivity index (χ3n) is 1.37. The minimum absolute atomic E-state index is 0.406. The van der Waals surface area contributed by atoms with Crippen molar-refractivity contribution in [2.75, 3.05) is 0 Å². The van der Waals surface area contributed by atoms with Gasteiger partial charge in [-0.25, -0.2) is 0 Å². The van der Waals surface area contributed by atoms with E-state index < -0.39 is 0 Å². The van der Waals surface area contributed by atoms with Gasteiger partial charge in [0.1, 0.15) is 5.76 Å². The first-order valence-corrected chi connectivity index (χ1v) is 2.93. The van der Waals surface area contributed by atoms with Crippen LogP contribution < -0.4 is 0 Å². The predicted molar refractivity (Wildman–Crippen MR) is 32.6 cm³/mol. The zero-order valence-electron chi connectivity index (χ0n) is 5.02. The highest BCUT2D eigenvalue weighted by Gasteiger charge is 2.02. The van der Waals surface area contributed by atoms with E-state index >= 15 is 0 Å². The molecule has 0 aromatic rings. The van der Waals surface area contributed by atoms with Crippen LogP contribution in [0.3, 0.4) is 0 Å². The molecule has 1 heteroatoms. The summed E-state index contributed by atoms with van der Waals surface area (Å²) in [5.41, 5.74) is 2.78. The number of rotatable bonds is 0. The summed E-state index contributed by atoms with van der Waals surface area (Å²) in [4.78, 5) is 0. The first kappa shape index (κ1) is 5.46. The molecule has 0 bridgehead atoms. The van der Waals surface area contributed by atoms with E-state index in [1.807, 2.05) is 6.08 Å². The second-order valence-electron chi connectivity index (χ2n) is 2.27. The molecule has 0 fully saturated rings. The molecular formula is C7H10O. The van der Waals surface area contributed by atoms with Crippen LogP contribution in [0.25, 0.3) is 0 Å². The Morgan fingerprint density at radius 2 is 2.62 bits per heavy atom. The van der Waals surface area contributed by atoms with Crippen molar-refractivity contribution in [2.24, 2.45) is 5.92 Å². The lowest BCUT2D eigenvalue weighted by Crippen LogP contribution is -1.94. The smallest absolute Gasteiger partial charge is 0.134 e. The van der Waals surface area contributed by atoms with Gasteiger partial charge in [-0.1, -0.05) is 12.7 Å². The van der Waals surface area contributed by atoms with E-state index in [-0.39, 0.29) is 0 Å². The fourth-order valence-corrected chi connectivity index (χ4v) is 0.758. The lowest BCUT2D eigenvalue weighted by atomic mass is 10.0. The molecule has 44 valence electrons. The molecule has 0 aromatic carbocycles. The van der Waals surface area contributed by atoms with Gasteiger partial charge in [0, 0.05) is 6.42 Å². The van der Waals surface area contributed by atoms with Crippen LogP contribution in [0.4, 0.5) is 0 Å². The molecule has 0 radical (unpaired) electrons. The van der Waals surface area contributed by atoms with Crippen molar-refractivity contribution in [3.63, 3.8) is 0 Å². The molecular weight excluding hydrogens is 100 g/mol. The molecule has 0 saturated heterocycles. The highest BCUT2D eigenvalue weighted by Crippen LogP contribution is 2.14. The maximum atomic E-state index is 8.80. The van der Waals surface area contributed by atoms with Gasteiger partial charge in [-0.15, -0.1) is 0 Å². The molecule has 1 aliphatic carbocycles. The maximum Gasteiger partial charge on any atom is 0.134 e. The van der Waals surface area contributed by atoms with Crippen LogP contribution in [0.2, 0.25) is 0 Å². The summed E-state index contributed by atoms with van der Waals surface area (Å²) in [7, 11) is 0. The highest BCUT2D eigenvalue weighted by atomic mass is 16.3. The Bertz CT molecular complexity index is 140. The molecule has 0 spiro atoms. The van der Waals surface area contributed by atoms with E-state index in [0.717, 1.165) is 12.8 Å². The van der Waals surface area contributed by atoms with E-state index in [1.54, 1.807) is 0 Å². The average Bonchev–Trinajstić information content (AvgIpc) is 1.77. The van der Waals surface area contributed by atoms with Crippen molar-refractivity contribution in [3.05, 3.63) is 17.6 Å². The molecule has 1 atom stereocenters. The number of hydrogen-bond donors (Lipinski definition) is 1. The molecule has 0 aromatic heterocycles. The van der Waals surface area contributed by atoms with Gasteiger partial charge in [-0.2, -0.15) is 0 Å². The number of allylic oxidation sites excluding steroid dienone is 1. The highest BCUT2D eigenvalue weighted by molar-refractivity contribution is 4.99. The fraction of sp³-hybridized carbons (Fsp3) is 0.571. The summed E-state index contributed by atoms with van der Waals surface area (Å²) in [6.07, 6.45) is 3.79. The summed E-state index contributed by atoms with van der Waals surface area (Å²) in [5.74, 6) is 1.01. The minimum atomic E-state index is 0.406. The van der Waals surface area contributed by atoms with Crippen LogP contribution in [-0.2, 0) is 0 Å². The van der Waals surface area contributed by atoms with Gasteiger partial charge in [-0.3, -0.25) is 0 Å². The molecule has 1 aliphatic rings. The van der Waals surface area contributed by atoms with Crippen LogP contribution in [0.15, 0.2) is 17.6 Å². The molecule has 8 heavy (non-hydrogen) atoms. The topological polar surface area (TPSA) is 20.2 Å². The van der Waals surface area contributed by atoms with Crippen LogP contribution >= 0.6 is 0 Å². The molecule has 1 N–H and O–H groups in total. The number of aliphatic hydroxyl groups is 1. The zero-order valence-corrected chi connectivity index (χ0v) is 5.02. The SMILES string of the molecule is CC1C=C=C(O)CC1. The van der Waals surface area contributed by atoms with Crippen molar-refractivity contribution >= 4 is 0 Å². The van der Waals surface area contributed by atoms with E-state index in [1.165, 1.54) is 0 Å². The molecule has 0 amide bonds. The zero-order chi connectivity index (χ0) is 5.98. The van der Waals surface area contributed by atoms with Crippen molar-refractivity contribution in [2.45, 2.75) is 19.8 Å². The monoisotopic (exact) mass is 110 g/mol. The Hall–Kier alpha value is -0.680. The molecule has 1 unspecified atom stereocenters. The summed E-state index contributed by atoms with van der Waals surface area (Å²) in [6.45, 7) is 2.12.